The van der Waals surface area contributed by atoms with E-state index in [4.69, 9.17) is 0 Å². The summed E-state index contributed by atoms with van der Waals surface area (Å²) in [7, 11) is -3.76. The van der Waals surface area contributed by atoms with E-state index in [1.54, 1.807) is 32.0 Å². The molecule has 0 fully saturated rings. The lowest BCUT2D eigenvalue weighted by molar-refractivity contribution is -0.120. The van der Waals surface area contributed by atoms with E-state index in [0.717, 1.165) is 5.56 Å². The highest BCUT2D eigenvalue weighted by molar-refractivity contribution is 7.92. The number of hydrogen-bond acceptors (Lipinski definition) is 4. The second kappa shape index (κ2) is 8.48. The Kier molecular flexibility index (Phi) is 6.35. The predicted molar refractivity (Wildman–Crippen MR) is 99.4 cm³/mol. The molecule has 138 valence electrons. The number of hydrogen-bond donors (Lipinski definition) is 3. The number of rotatable bonds is 7. The van der Waals surface area contributed by atoms with E-state index in [0.29, 0.717) is 12.2 Å². The molecule has 2 aromatic rings. The molecule has 2 aromatic carbocycles. The van der Waals surface area contributed by atoms with Crippen LogP contribution in [0.3, 0.4) is 0 Å². The number of amides is 2. The quantitative estimate of drug-likeness (QED) is 0.684. The van der Waals surface area contributed by atoms with E-state index >= 15 is 0 Å². The molecule has 7 nitrogen and oxygen atoms in total. The number of aryl methyl sites for hydroxylation is 1. The van der Waals surface area contributed by atoms with Crippen molar-refractivity contribution >= 4 is 27.5 Å². The number of nitrogens with one attached hydrogen (secondary N) is 3. The molecule has 0 spiro atoms. The molecule has 0 bridgehead atoms. The molecule has 0 atom stereocenters. The van der Waals surface area contributed by atoms with Crippen LogP contribution in [0.1, 0.15) is 22.8 Å². The van der Waals surface area contributed by atoms with Gasteiger partial charge in [-0.3, -0.25) is 14.3 Å². The van der Waals surface area contributed by atoms with Crippen molar-refractivity contribution in [2.24, 2.45) is 0 Å². The van der Waals surface area contributed by atoms with Crippen LogP contribution in [0, 0.1) is 6.92 Å². The van der Waals surface area contributed by atoms with E-state index < -0.39 is 15.9 Å². The lowest BCUT2D eigenvalue weighted by atomic mass is 10.2. The SMILES string of the molecule is CCNC(=O)CNC(=O)c1ccc(S(=O)(=O)Nc2ccccc2C)cc1. The Morgan fingerprint density at radius 3 is 2.23 bits per heavy atom. The third kappa shape index (κ3) is 5.06. The molecule has 0 aromatic heterocycles. The highest BCUT2D eigenvalue weighted by atomic mass is 32.2. The maximum absolute atomic E-state index is 12.5. The zero-order chi connectivity index (χ0) is 19.2. The molecular weight excluding hydrogens is 354 g/mol. The number of carbonyl (C=O) groups excluding carboxylic acids is 2. The summed E-state index contributed by atoms with van der Waals surface area (Å²) in [6.45, 7) is 3.93. The molecule has 0 heterocycles. The van der Waals surface area contributed by atoms with Gasteiger partial charge in [-0.1, -0.05) is 18.2 Å². The minimum atomic E-state index is -3.76. The average Bonchev–Trinajstić information content (AvgIpc) is 2.62. The predicted octanol–water partition coefficient (Wildman–Crippen LogP) is 1.66. The Bertz CT molecular complexity index is 893. The van der Waals surface area contributed by atoms with Gasteiger partial charge in [0.2, 0.25) is 5.91 Å². The third-order valence-electron chi connectivity index (χ3n) is 3.60. The summed E-state index contributed by atoms with van der Waals surface area (Å²) in [6.07, 6.45) is 0. The summed E-state index contributed by atoms with van der Waals surface area (Å²) < 4.78 is 27.4. The van der Waals surface area contributed by atoms with Gasteiger partial charge in [-0.2, -0.15) is 0 Å². The Morgan fingerprint density at radius 2 is 1.62 bits per heavy atom. The summed E-state index contributed by atoms with van der Waals surface area (Å²) in [6, 6.07) is 12.5. The maximum atomic E-state index is 12.5. The molecule has 0 aliphatic carbocycles. The molecule has 0 aliphatic heterocycles. The standard InChI is InChI=1S/C18H21N3O4S/c1-3-19-17(22)12-20-18(23)14-8-10-15(11-9-14)26(24,25)21-16-7-5-4-6-13(16)2/h4-11,21H,3,12H2,1-2H3,(H,19,22)(H,20,23). The molecule has 0 saturated carbocycles. The summed E-state index contributed by atoms with van der Waals surface area (Å²) >= 11 is 0. The maximum Gasteiger partial charge on any atom is 0.261 e. The van der Waals surface area contributed by atoms with E-state index in [1.165, 1.54) is 24.3 Å². The molecule has 0 unspecified atom stereocenters. The van der Waals surface area contributed by atoms with Gasteiger partial charge in [0.05, 0.1) is 17.1 Å². The lowest BCUT2D eigenvalue weighted by Gasteiger charge is -2.11. The first-order valence-electron chi connectivity index (χ1n) is 8.07. The van der Waals surface area contributed by atoms with E-state index in [-0.39, 0.29) is 22.9 Å². The molecule has 0 saturated heterocycles. The van der Waals surface area contributed by atoms with Crippen LogP contribution in [0.25, 0.3) is 0 Å². The second-order valence-corrected chi connectivity index (χ2v) is 7.26. The summed E-state index contributed by atoms with van der Waals surface area (Å²) in [5.41, 5.74) is 1.57. The van der Waals surface area contributed by atoms with Crippen LogP contribution in [0.4, 0.5) is 5.69 Å². The van der Waals surface area contributed by atoms with Gasteiger partial charge in [0.25, 0.3) is 15.9 Å². The first-order chi connectivity index (χ1) is 12.3. The Morgan fingerprint density at radius 1 is 0.962 bits per heavy atom. The van der Waals surface area contributed by atoms with Crippen LogP contribution < -0.4 is 15.4 Å². The number of likely N-dealkylation sites (N-methyl/N-ethyl adjacent to an activating group) is 1. The largest absolute Gasteiger partial charge is 0.355 e. The Balaban J connectivity index is 2.07. The van der Waals surface area contributed by atoms with Crippen molar-refractivity contribution < 1.29 is 18.0 Å². The van der Waals surface area contributed by atoms with Gasteiger partial charge in [0.1, 0.15) is 0 Å². The van der Waals surface area contributed by atoms with Gasteiger partial charge in [-0.15, -0.1) is 0 Å². The van der Waals surface area contributed by atoms with Crippen molar-refractivity contribution in [3.8, 4) is 0 Å². The molecule has 8 heteroatoms. The normalized spacial score (nSPS) is 10.8. The zero-order valence-electron chi connectivity index (χ0n) is 14.6. The smallest absolute Gasteiger partial charge is 0.261 e. The summed E-state index contributed by atoms with van der Waals surface area (Å²) in [5, 5.41) is 5.04. The van der Waals surface area contributed by atoms with Gasteiger partial charge >= 0.3 is 0 Å². The Hall–Kier alpha value is -2.87. The average molecular weight is 375 g/mol. The minimum absolute atomic E-state index is 0.0426. The molecule has 0 radical (unpaired) electrons. The van der Waals surface area contributed by atoms with Crippen molar-refractivity contribution in [3.05, 3.63) is 59.7 Å². The van der Waals surface area contributed by atoms with Crippen molar-refractivity contribution in [3.63, 3.8) is 0 Å². The van der Waals surface area contributed by atoms with Gasteiger partial charge < -0.3 is 10.6 Å². The van der Waals surface area contributed by atoms with Crippen LogP contribution in [0.2, 0.25) is 0 Å². The summed E-state index contributed by atoms with van der Waals surface area (Å²) in [4.78, 5) is 23.4. The van der Waals surface area contributed by atoms with Gasteiger partial charge in [0, 0.05) is 12.1 Å². The second-order valence-electron chi connectivity index (χ2n) is 5.58. The van der Waals surface area contributed by atoms with Gasteiger partial charge in [-0.05, 0) is 49.7 Å². The topological polar surface area (TPSA) is 104 Å². The minimum Gasteiger partial charge on any atom is -0.355 e. The fourth-order valence-electron chi connectivity index (χ4n) is 2.20. The number of sulfonamides is 1. The first kappa shape index (κ1) is 19.5. The lowest BCUT2D eigenvalue weighted by Crippen LogP contribution is -2.36. The van der Waals surface area contributed by atoms with Crippen LogP contribution in [0.15, 0.2) is 53.4 Å². The zero-order valence-corrected chi connectivity index (χ0v) is 15.4. The Labute approximate surface area is 152 Å². The molecule has 26 heavy (non-hydrogen) atoms. The van der Waals surface area contributed by atoms with Crippen molar-refractivity contribution in [1.82, 2.24) is 10.6 Å². The van der Waals surface area contributed by atoms with Crippen LogP contribution >= 0.6 is 0 Å². The van der Waals surface area contributed by atoms with Crippen LogP contribution in [-0.2, 0) is 14.8 Å². The highest BCUT2D eigenvalue weighted by Crippen LogP contribution is 2.19. The van der Waals surface area contributed by atoms with Crippen molar-refractivity contribution in [2.75, 3.05) is 17.8 Å². The molecule has 2 amide bonds. The van der Waals surface area contributed by atoms with E-state index in [9.17, 15) is 18.0 Å². The molecule has 3 N–H and O–H groups in total. The van der Waals surface area contributed by atoms with Gasteiger partial charge in [0.15, 0.2) is 0 Å². The molecule has 0 aliphatic rings. The monoisotopic (exact) mass is 375 g/mol. The number of para-hydroxylation sites is 1. The first-order valence-corrected chi connectivity index (χ1v) is 9.55. The summed E-state index contributed by atoms with van der Waals surface area (Å²) in [5.74, 6) is -0.741. The van der Waals surface area contributed by atoms with Crippen LogP contribution in [-0.4, -0.2) is 33.3 Å². The van der Waals surface area contributed by atoms with Crippen LogP contribution in [0.5, 0.6) is 0 Å². The van der Waals surface area contributed by atoms with Crippen molar-refractivity contribution in [1.29, 1.82) is 0 Å². The third-order valence-corrected chi connectivity index (χ3v) is 4.98. The number of benzene rings is 2. The van der Waals surface area contributed by atoms with Crippen molar-refractivity contribution in [2.45, 2.75) is 18.7 Å². The highest BCUT2D eigenvalue weighted by Gasteiger charge is 2.16. The van der Waals surface area contributed by atoms with Gasteiger partial charge in [-0.25, -0.2) is 8.42 Å². The fourth-order valence-corrected chi connectivity index (χ4v) is 3.33. The number of anilines is 1. The number of carbonyl (C=O) groups is 2. The fraction of sp³-hybridized carbons (Fsp3) is 0.222. The van der Waals surface area contributed by atoms with E-state index in [2.05, 4.69) is 15.4 Å². The van der Waals surface area contributed by atoms with E-state index in [1.807, 2.05) is 6.07 Å². The molecular formula is C18H21N3O4S. The molecule has 2 rings (SSSR count).